The van der Waals surface area contributed by atoms with E-state index < -0.39 is 0 Å². The molecule has 1 N–H and O–H groups in total. The van der Waals surface area contributed by atoms with Gasteiger partial charge in [-0.15, -0.1) is 22.7 Å². The second kappa shape index (κ2) is 5.96. The van der Waals surface area contributed by atoms with Crippen molar-refractivity contribution in [3.8, 4) is 0 Å². The first-order valence-electron chi connectivity index (χ1n) is 6.85. The van der Waals surface area contributed by atoms with Crippen LogP contribution in [0.1, 0.15) is 39.6 Å². The lowest BCUT2D eigenvalue weighted by Gasteiger charge is -2.15. The molecule has 0 spiro atoms. The number of hydrogen-bond acceptors (Lipinski definition) is 3. The molecule has 1 nitrogen and oxygen atoms in total. The summed E-state index contributed by atoms with van der Waals surface area (Å²) in [7, 11) is 0. The van der Waals surface area contributed by atoms with Gasteiger partial charge in [0.1, 0.15) is 0 Å². The molecular weight excluding hydrogens is 294 g/mol. The molecule has 0 saturated heterocycles. The molecule has 3 rings (SSSR count). The van der Waals surface area contributed by atoms with Gasteiger partial charge in [0, 0.05) is 27.1 Å². The highest BCUT2D eigenvalue weighted by Gasteiger charge is 2.20. The molecule has 0 aromatic carbocycles. The van der Waals surface area contributed by atoms with Crippen molar-refractivity contribution in [2.24, 2.45) is 0 Å². The highest BCUT2D eigenvalue weighted by Crippen LogP contribution is 2.35. The first-order valence-corrected chi connectivity index (χ1v) is 8.86. The molecule has 2 aromatic rings. The van der Waals surface area contributed by atoms with E-state index in [4.69, 9.17) is 11.6 Å². The van der Waals surface area contributed by atoms with Crippen LogP contribution in [0.3, 0.4) is 0 Å². The molecule has 0 fully saturated rings. The molecule has 1 unspecified atom stereocenters. The van der Waals surface area contributed by atoms with Crippen LogP contribution in [0.25, 0.3) is 0 Å². The van der Waals surface area contributed by atoms with Gasteiger partial charge in [0.25, 0.3) is 0 Å². The van der Waals surface area contributed by atoms with Crippen molar-refractivity contribution in [1.29, 1.82) is 0 Å². The van der Waals surface area contributed by atoms with Crippen LogP contribution in [0.2, 0.25) is 4.34 Å². The summed E-state index contributed by atoms with van der Waals surface area (Å²) in [6.07, 6.45) is 4.94. The smallest absolute Gasteiger partial charge is 0.0931 e. The van der Waals surface area contributed by atoms with Crippen molar-refractivity contribution in [2.75, 3.05) is 6.54 Å². The first-order chi connectivity index (χ1) is 9.26. The summed E-state index contributed by atoms with van der Waals surface area (Å²) in [6, 6.07) is 7.02. The zero-order valence-electron chi connectivity index (χ0n) is 11.0. The second-order valence-electron chi connectivity index (χ2n) is 4.97. The monoisotopic (exact) mass is 311 g/mol. The van der Waals surface area contributed by atoms with E-state index in [1.165, 1.54) is 29.0 Å². The van der Waals surface area contributed by atoms with Gasteiger partial charge in [-0.3, -0.25) is 0 Å². The fourth-order valence-electron chi connectivity index (χ4n) is 2.71. The summed E-state index contributed by atoms with van der Waals surface area (Å²) in [5.41, 5.74) is 1.59. The van der Waals surface area contributed by atoms with Crippen LogP contribution in [0.4, 0.5) is 0 Å². The molecule has 2 heterocycles. The summed E-state index contributed by atoms with van der Waals surface area (Å²) in [5.74, 6) is 0. The summed E-state index contributed by atoms with van der Waals surface area (Å²) >= 11 is 9.73. The van der Waals surface area contributed by atoms with Crippen molar-refractivity contribution >= 4 is 34.3 Å². The maximum atomic E-state index is 6.03. The molecule has 1 aliphatic carbocycles. The number of nitrogens with one attached hydrogen (secondary N) is 1. The van der Waals surface area contributed by atoms with Crippen molar-refractivity contribution in [2.45, 2.75) is 38.6 Å². The van der Waals surface area contributed by atoms with Crippen LogP contribution in [0.5, 0.6) is 0 Å². The van der Waals surface area contributed by atoms with Crippen LogP contribution >= 0.6 is 34.3 Å². The van der Waals surface area contributed by atoms with Gasteiger partial charge in [-0.2, -0.15) is 0 Å². The maximum absolute atomic E-state index is 6.03. The number of hydrogen-bond donors (Lipinski definition) is 1. The fraction of sp³-hybridized carbons (Fsp3) is 0.467. The Morgan fingerprint density at radius 1 is 1.32 bits per heavy atom. The fourth-order valence-corrected chi connectivity index (χ4v) is 5.17. The predicted molar refractivity (Wildman–Crippen MR) is 85.8 cm³/mol. The van der Waals surface area contributed by atoms with E-state index in [2.05, 4.69) is 24.4 Å². The Bertz CT molecular complexity index is 537. The molecule has 0 amide bonds. The van der Waals surface area contributed by atoms with Gasteiger partial charge in [-0.1, -0.05) is 18.5 Å². The van der Waals surface area contributed by atoms with Crippen molar-refractivity contribution in [3.05, 3.63) is 42.7 Å². The predicted octanol–water partition coefficient (Wildman–Crippen LogP) is 4.85. The molecule has 0 bridgehead atoms. The van der Waals surface area contributed by atoms with Gasteiger partial charge in [-0.05, 0) is 49.6 Å². The molecular formula is C15H18ClNS2. The summed E-state index contributed by atoms with van der Waals surface area (Å²) in [5, 5.41) is 3.62. The average Bonchev–Trinajstić information content (AvgIpc) is 3.03. The number of thiophene rings is 2. The van der Waals surface area contributed by atoms with Crippen LogP contribution in [-0.4, -0.2) is 6.54 Å². The van der Waals surface area contributed by atoms with Crippen molar-refractivity contribution in [1.82, 2.24) is 5.32 Å². The molecule has 1 atom stereocenters. The van der Waals surface area contributed by atoms with Crippen LogP contribution in [0, 0.1) is 0 Å². The minimum Gasteiger partial charge on any atom is -0.309 e. The molecule has 1 aliphatic rings. The molecule has 0 radical (unpaired) electrons. The number of fused-ring (bicyclic) bond motifs is 1. The molecule has 2 aromatic heterocycles. The summed E-state index contributed by atoms with van der Waals surface area (Å²) in [4.78, 5) is 4.47. The van der Waals surface area contributed by atoms with Crippen LogP contribution < -0.4 is 5.32 Å². The Kier molecular flexibility index (Phi) is 4.27. The number of likely N-dealkylation sites (N-methyl/N-ethyl adjacent to an activating group) is 1. The Morgan fingerprint density at radius 2 is 2.21 bits per heavy atom. The maximum Gasteiger partial charge on any atom is 0.0931 e. The van der Waals surface area contributed by atoms with Gasteiger partial charge < -0.3 is 5.32 Å². The van der Waals surface area contributed by atoms with E-state index in [1.807, 2.05) is 17.4 Å². The number of aryl methyl sites for hydroxylation is 2. The molecule has 0 saturated carbocycles. The Labute approximate surface area is 127 Å². The summed E-state index contributed by atoms with van der Waals surface area (Å²) < 4.78 is 0.888. The Hall–Kier alpha value is -0.350. The quantitative estimate of drug-likeness (QED) is 0.832. The first kappa shape index (κ1) is 13.6. The Balaban J connectivity index is 1.79. The minimum atomic E-state index is 0.440. The van der Waals surface area contributed by atoms with E-state index in [9.17, 15) is 0 Å². The number of halogens is 1. The Morgan fingerprint density at radius 3 is 2.89 bits per heavy atom. The highest BCUT2D eigenvalue weighted by molar-refractivity contribution is 7.16. The van der Waals surface area contributed by atoms with E-state index >= 15 is 0 Å². The largest absolute Gasteiger partial charge is 0.309 e. The molecule has 0 aliphatic heterocycles. The van der Waals surface area contributed by atoms with Gasteiger partial charge >= 0.3 is 0 Å². The lowest BCUT2D eigenvalue weighted by Crippen LogP contribution is -2.21. The molecule has 19 heavy (non-hydrogen) atoms. The van der Waals surface area contributed by atoms with E-state index in [-0.39, 0.29) is 0 Å². The normalized spacial score (nSPS) is 15.7. The van der Waals surface area contributed by atoms with Gasteiger partial charge in [0.2, 0.25) is 0 Å². The van der Waals surface area contributed by atoms with E-state index in [0.717, 1.165) is 17.3 Å². The number of rotatable bonds is 5. The lowest BCUT2D eigenvalue weighted by atomic mass is 10.1. The molecule has 4 heteroatoms. The van der Waals surface area contributed by atoms with Gasteiger partial charge in [-0.25, -0.2) is 0 Å². The van der Waals surface area contributed by atoms with E-state index in [1.54, 1.807) is 21.8 Å². The van der Waals surface area contributed by atoms with Gasteiger partial charge in [0.05, 0.1) is 4.34 Å². The SMILES string of the molecule is CCNC(Cc1ccc(Cl)s1)c1cc2c(s1)CCC2. The summed E-state index contributed by atoms with van der Waals surface area (Å²) in [6.45, 7) is 3.18. The second-order valence-corrected chi connectivity index (χ2v) is 7.94. The standard InChI is InChI=1S/C15H18ClNS2/c1-2-17-12(9-11-6-7-15(16)18-11)14-8-10-4-3-5-13(10)19-14/h6-8,12,17H,2-5,9H2,1H3. The van der Waals surface area contributed by atoms with Crippen molar-refractivity contribution < 1.29 is 0 Å². The molecule has 102 valence electrons. The third-order valence-corrected chi connectivity index (χ3v) is 6.20. The topological polar surface area (TPSA) is 12.0 Å². The average molecular weight is 312 g/mol. The third kappa shape index (κ3) is 3.05. The van der Waals surface area contributed by atoms with Gasteiger partial charge in [0.15, 0.2) is 0 Å². The van der Waals surface area contributed by atoms with Crippen molar-refractivity contribution in [3.63, 3.8) is 0 Å². The van der Waals surface area contributed by atoms with E-state index in [0.29, 0.717) is 6.04 Å². The lowest BCUT2D eigenvalue weighted by molar-refractivity contribution is 0.561. The third-order valence-electron chi connectivity index (χ3n) is 3.59. The zero-order valence-corrected chi connectivity index (χ0v) is 13.4. The zero-order chi connectivity index (χ0) is 13.2. The minimum absolute atomic E-state index is 0.440. The highest BCUT2D eigenvalue weighted by atomic mass is 35.5. The van der Waals surface area contributed by atoms with Crippen LogP contribution in [-0.2, 0) is 19.3 Å². The van der Waals surface area contributed by atoms with Crippen LogP contribution in [0.15, 0.2) is 18.2 Å².